The van der Waals surface area contributed by atoms with Crippen LogP contribution in [0.15, 0.2) is 12.4 Å². The summed E-state index contributed by atoms with van der Waals surface area (Å²) in [7, 11) is 2.10. The number of rotatable bonds is 4. The van der Waals surface area contributed by atoms with Crippen molar-refractivity contribution in [3.63, 3.8) is 0 Å². The van der Waals surface area contributed by atoms with Crippen molar-refractivity contribution in [1.29, 1.82) is 0 Å². The number of imidazole rings is 1. The van der Waals surface area contributed by atoms with Crippen molar-refractivity contribution in [3.8, 4) is 0 Å². The summed E-state index contributed by atoms with van der Waals surface area (Å²) in [4.78, 5) is 4.47. The molecule has 1 aliphatic carbocycles. The molecule has 1 aromatic heterocycles. The summed E-state index contributed by atoms with van der Waals surface area (Å²) in [6, 6.07) is 0. The van der Waals surface area contributed by atoms with E-state index in [9.17, 15) is 0 Å². The highest BCUT2D eigenvalue weighted by atomic mass is 15.0. The number of aromatic nitrogens is 2. The fraction of sp³-hybridized carbons (Fsp3) is 0.800. The summed E-state index contributed by atoms with van der Waals surface area (Å²) < 4.78 is 2.16. The van der Waals surface area contributed by atoms with Crippen LogP contribution in [-0.4, -0.2) is 21.6 Å². The van der Waals surface area contributed by atoms with E-state index in [0.29, 0.717) is 5.54 Å². The van der Waals surface area contributed by atoms with Crippen molar-refractivity contribution in [2.45, 2.75) is 56.9 Å². The molecule has 1 aromatic rings. The normalized spacial score (nSPS) is 29.2. The van der Waals surface area contributed by atoms with Crippen LogP contribution in [0, 0.1) is 5.92 Å². The molecule has 2 aliphatic rings. The van der Waals surface area contributed by atoms with E-state index in [1.165, 1.54) is 57.3 Å². The number of nitrogens with zero attached hydrogens (tertiary/aromatic N) is 2. The van der Waals surface area contributed by atoms with E-state index in [1.54, 1.807) is 0 Å². The van der Waals surface area contributed by atoms with Gasteiger partial charge >= 0.3 is 0 Å². The average Bonchev–Trinajstić information content (AvgIpc) is 3.16. The lowest BCUT2D eigenvalue weighted by atomic mass is 9.83. The molecular weight excluding hydrogens is 222 g/mol. The average molecular weight is 247 g/mol. The molecule has 3 rings (SSSR count). The summed E-state index contributed by atoms with van der Waals surface area (Å²) >= 11 is 0. The Labute approximate surface area is 110 Å². The Morgan fingerprint density at radius 1 is 1.39 bits per heavy atom. The first-order chi connectivity index (χ1) is 8.80. The molecule has 18 heavy (non-hydrogen) atoms. The zero-order valence-electron chi connectivity index (χ0n) is 11.5. The van der Waals surface area contributed by atoms with E-state index in [0.717, 1.165) is 12.3 Å². The van der Waals surface area contributed by atoms with Gasteiger partial charge in [-0.15, -0.1) is 0 Å². The maximum absolute atomic E-state index is 4.47. The molecule has 0 aromatic carbocycles. The van der Waals surface area contributed by atoms with Gasteiger partial charge in [-0.3, -0.25) is 0 Å². The number of hydrogen-bond donors (Lipinski definition) is 1. The van der Waals surface area contributed by atoms with Crippen LogP contribution < -0.4 is 5.32 Å². The van der Waals surface area contributed by atoms with Gasteiger partial charge in [0.15, 0.2) is 0 Å². The Morgan fingerprint density at radius 2 is 2.28 bits per heavy atom. The minimum absolute atomic E-state index is 0.433. The van der Waals surface area contributed by atoms with Crippen molar-refractivity contribution >= 4 is 0 Å². The third-order valence-electron chi connectivity index (χ3n) is 4.85. The second-order valence-corrected chi connectivity index (χ2v) is 6.12. The van der Waals surface area contributed by atoms with Gasteiger partial charge in [-0.1, -0.05) is 12.8 Å². The summed E-state index contributed by atoms with van der Waals surface area (Å²) in [5, 5.41) is 3.90. The van der Waals surface area contributed by atoms with Gasteiger partial charge in [-0.05, 0) is 44.6 Å². The van der Waals surface area contributed by atoms with Crippen LogP contribution in [0.25, 0.3) is 0 Å². The van der Waals surface area contributed by atoms with Gasteiger partial charge in [0.05, 0.1) is 0 Å². The molecule has 1 N–H and O–H groups in total. The van der Waals surface area contributed by atoms with Crippen molar-refractivity contribution < 1.29 is 0 Å². The zero-order chi connectivity index (χ0) is 12.4. The summed E-state index contributed by atoms with van der Waals surface area (Å²) in [5.74, 6) is 2.18. The van der Waals surface area contributed by atoms with E-state index >= 15 is 0 Å². The monoisotopic (exact) mass is 247 g/mol. The summed E-state index contributed by atoms with van der Waals surface area (Å²) in [5.41, 5.74) is 0.433. The second kappa shape index (κ2) is 5.04. The minimum atomic E-state index is 0.433. The van der Waals surface area contributed by atoms with Crippen molar-refractivity contribution in [3.05, 3.63) is 18.2 Å². The predicted molar refractivity (Wildman–Crippen MR) is 73.5 cm³/mol. The molecule has 0 spiro atoms. The van der Waals surface area contributed by atoms with Crippen LogP contribution in [-0.2, 0) is 13.5 Å². The third-order valence-corrected chi connectivity index (χ3v) is 4.85. The largest absolute Gasteiger partial charge is 0.338 e. The highest BCUT2D eigenvalue weighted by molar-refractivity contribution is 5.04. The fourth-order valence-corrected chi connectivity index (χ4v) is 3.54. The smallest absolute Gasteiger partial charge is 0.108 e. The van der Waals surface area contributed by atoms with Gasteiger partial charge in [-0.2, -0.15) is 0 Å². The SMILES string of the molecule is Cn1ccnc1CCC1(C2CC2)CCCCCN1. The van der Waals surface area contributed by atoms with Crippen molar-refractivity contribution in [2.75, 3.05) is 6.54 Å². The van der Waals surface area contributed by atoms with Crippen LogP contribution in [0.5, 0.6) is 0 Å². The lowest BCUT2D eigenvalue weighted by molar-refractivity contribution is 0.251. The Morgan fingerprint density at radius 3 is 3.00 bits per heavy atom. The second-order valence-electron chi connectivity index (χ2n) is 6.12. The van der Waals surface area contributed by atoms with Gasteiger partial charge in [0, 0.05) is 31.4 Å². The molecule has 1 unspecified atom stereocenters. The third kappa shape index (κ3) is 2.46. The predicted octanol–water partition coefficient (Wildman–Crippen LogP) is 2.67. The molecule has 100 valence electrons. The van der Waals surface area contributed by atoms with Gasteiger partial charge in [0.2, 0.25) is 0 Å². The van der Waals surface area contributed by atoms with E-state index < -0.39 is 0 Å². The summed E-state index contributed by atoms with van der Waals surface area (Å²) in [6.45, 7) is 1.22. The maximum atomic E-state index is 4.47. The van der Waals surface area contributed by atoms with Crippen LogP contribution in [0.2, 0.25) is 0 Å². The highest BCUT2D eigenvalue weighted by Gasteiger charge is 2.44. The number of nitrogens with one attached hydrogen (secondary N) is 1. The maximum Gasteiger partial charge on any atom is 0.108 e. The number of hydrogen-bond acceptors (Lipinski definition) is 2. The Balaban J connectivity index is 1.68. The van der Waals surface area contributed by atoms with Crippen LogP contribution >= 0.6 is 0 Å². The lowest BCUT2D eigenvalue weighted by Gasteiger charge is -2.34. The van der Waals surface area contributed by atoms with Gasteiger partial charge in [-0.25, -0.2) is 4.98 Å². The molecule has 1 atom stereocenters. The van der Waals surface area contributed by atoms with Crippen LogP contribution in [0.1, 0.15) is 50.8 Å². The Kier molecular flexibility index (Phi) is 3.42. The van der Waals surface area contributed by atoms with E-state index in [2.05, 4.69) is 28.1 Å². The molecule has 2 fully saturated rings. The van der Waals surface area contributed by atoms with E-state index in [1.807, 2.05) is 6.20 Å². The quantitative estimate of drug-likeness (QED) is 0.886. The zero-order valence-corrected chi connectivity index (χ0v) is 11.5. The highest BCUT2D eigenvalue weighted by Crippen LogP contribution is 2.45. The Bertz CT molecular complexity index is 384. The molecule has 1 saturated carbocycles. The van der Waals surface area contributed by atoms with Crippen molar-refractivity contribution in [2.24, 2.45) is 13.0 Å². The Hall–Kier alpha value is -0.830. The standard InChI is InChI=1S/C15H25N3/c1-18-12-11-16-14(18)7-9-15(13-5-6-13)8-3-2-4-10-17-15/h11-13,17H,2-10H2,1H3. The molecule has 0 amide bonds. The molecule has 3 heteroatoms. The van der Waals surface area contributed by atoms with Gasteiger partial charge in [0.1, 0.15) is 5.82 Å². The van der Waals surface area contributed by atoms with Crippen molar-refractivity contribution in [1.82, 2.24) is 14.9 Å². The first-order valence-electron chi connectivity index (χ1n) is 7.51. The van der Waals surface area contributed by atoms with Gasteiger partial charge < -0.3 is 9.88 Å². The van der Waals surface area contributed by atoms with E-state index in [-0.39, 0.29) is 0 Å². The molecule has 0 bridgehead atoms. The molecular formula is C15H25N3. The molecule has 2 heterocycles. The lowest BCUT2D eigenvalue weighted by Crippen LogP contribution is -2.47. The molecule has 1 saturated heterocycles. The van der Waals surface area contributed by atoms with Crippen LogP contribution in [0.3, 0.4) is 0 Å². The first-order valence-corrected chi connectivity index (χ1v) is 7.51. The number of aryl methyl sites for hydroxylation is 2. The van der Waals surface area contributed by atoms with E-state index in [4.69, 9.17) is 0 Å². The first kappa shape index (κ1) is 12.2. The fourth-order valence-electron chi connectivity index (χ4n) is 3.54. The molecule has 1 aliphatic heterocycles. The topological polar surface area (TPSA) is 29.9 Å². The summed E-state index contributed by atoms with van der Waals surface area (Å²) in [6.07, 6.45) is 14.8. The molecule has 0 radical (unpaired) electrons. The van der Waals surface area contributed by atoms with Gasteiger partial charge in [0.25, 0.3) is 0 Å². The molecule has 3 nitrogen and oxygen atoms in total. The van der Waals surface area contributed by atoms with Crippen LogP contribution in [0.4, 0.5) is 0 Å². The minimum Gasteiger partial charge on any atom is -0.338 e.